The molecule has 2 aromatic heterocycles. The monoisotopic (exact) mass is 429 g/mol. The molecule has 1 unspecified atom stereocenters. The van der Waals surface area contributed by atoms with Crippen molar-refractivity contribution < 1.29 is 9.21 Å². The maximum Gasteiger partial charge on any atom is 0.261 e. The third kappa shape index (κ3) is 3.69. The number of halogens is 1. The maximum atomic E-state index is 12.9. The number of aromatic nitrogens is 2. The van der Waals surface area contributed by atoms with Crippen LogP contribution < -0.4 is 5.56 Å². The van der Waals surface area contributed by atoms with Crippen molar-refractivity contribution in [3.63, 3.8) is 0 Å². The summed E-state index contributed by atoms with van der Waals surface area (Å²) in [6.07, 6.45) is 5.43. The molecule has 2 heterocycles. The predicted molar refractivity (Wildman–Crippen MR) is 105 cm³/mol. The van der Waals surface area contributed by atoms with Crippen molar-refractivity contribution in [2.45, 2.75) is 44.8 Å². The number of benzene rings is 1. The summed E-state index contributed by atoms with van der Waals surface area (Å²) in [6, 6.07) is 9.30. The molecule has 1 aliphatic carbocycles. The molecular weight excluding hydrogens is 410 g/mol. The highest BCUT2D eigenvalue weighted by molar-refractivity contribution is 9.10. The molecular formula is C20H20BrN3O3. The number of amides is 1. The van der Waals surface area contributed by atoms with Gasteiger partial charge < -0.3 is 9.32 Å². The van der Waals surface area contributed by atoms with Crippen LogP contribution in [0.25, 0.3) is 10.9 Å². The van der Waals surface area contributed by atoms with E-state index in [-0.39, 0.29) is 30.0 Å². The zero-order valence-corrected chi connectivity index (χ0v) is 16.6. The molecule has 0 bridgehead atoms. The van der Waals surface area contributed by atoms with Crippen LogP contribution in [0.3, 0.4) is 0 Å². The summed E-state index contributed by atoms with van der Waals surface area (Å²) >= 11 is 3.38. The molecule has 1 amide bonds. The Balaban J connectivity index is 1.52. The number of carbonyl (C=O) groups excluding carboxylic acids is 1. The Bertz CT molecular complexity index is 1020. The molecule has 1 fully saturated rings. The molecule has 7 heteroatoms. The van der Waals surface area contributed by atoms with E-state index in [4.69, 9.17) is 4.42 Å². The van der Waals surface area contributed by atoms with E-state index in [1.807, 2.05) is 30.0 Å². The normalized spacial score (nSPS) is 15.0. The lowest BCUT2D eigenvalue weighted by Gasteiger charge is -2.28. The van der Waals surface area contributed by atoms with Gasteiger partial charge >= 0.3 is 0 Å². The van der Waals surface area contributed by atoms with Gasteiger partial charge in [-0.2, -0.15) is 0 Å². The molecule has 3 aromatic rings. The lowest BCUT2D eigenvalue weighted by Crippen LogP contribution is -2.36. The number of aryl methyl sites for hydroxylation is 1. The van der Waals surface area contributed by atoms with Gasteiger partial charge in [0.05, 0.1) is 29.5 Å². The van der Waals surface area contributed by atoms with E-state index in [9.17, 15) is 9.59 Å². The molecule has 6 nitrogen and oxygen atoms in total. The summed E-state index contributed by atoms with van der Waals surface area (Å²) in [5.74, 6) is 0.812. The zero-order valence-electron chi connectivity index (χ0n) is 15.0. The molecule has 0 aliphatic heterocycles. The van der Waals surface area contributed by atoms with E-state index in [1.54, 1.807) is 18.4 Å². The summed E-state index contributed by atoms with van der Waals surface area (Å²) in [4.78, 5) is 31.8. The standard InChI is InChI=1S/C20H20BrN3O3/c1-13(18-3-2-10-27-18)24(15-5-6-15)19(25)8-9-23-12-22-17-7-4-14(21)11-16(17)20(23)26/h2-4,7,10-13,15H,5-6,8-9H2,1H3. The van der Waals surface area contributed by atoms with Crippen LogP contribution in [0.2, 0.25) is 0 Å². The first-order chi connectivity index (χ1) is 13.0. The Labute approximate surface area is 164 Å². The van der Waals surface area contributed by atoms with Gasteiger partial charge in [0.15, 0.2) is 0 Å². The van der Waals surface area contributed by atoms with Crippen molar-refractivity contribution in [3.05, 3.63) is 63.5 Å². The maximum absolute atomic E-state index is 12.9. The SMILES string of the molecule is CC(c1ccco1)N(C(=O)CCn1cnc2ccc(Br)cc2c1=O)C1CC1. The number of fused-ring (bicyclic) bond motifs is 1. The Morgan fingerprint density at radius 2 is 2.22 bits per heavy atom. The molecule has 1 aromatic carbocycles. The molecule has 0 saturated heterocycles. The summed E-state index contributed by atoms with van der Waals surface area (Å²) < 4.78 is 7.82. The lowest BCUT2D eigenvalue weighted by atomic mass is 10.2. The molecule has 0 N–H and O–H groups in total. The van der Waals surface area contributed by atoms with Crippen molar-refractivity contribution in [2.75, 3.05) is 0 Å². The minimum Gasteiger partial charge on any atom is -0.467 e. The minimum atomic E-state index is -0.133. The summed E-state index contributed by atoms with van der Waals surface area (Å²) in [5.41, 5.74) is 0.517. The van der Waals surface area contributed by atoms with Gasteiger partial charge in [-0.25, -0.2) is 4.98 Å². The second kappa shape index (κ2) is 7.31. The second-order valence-electron chi connectivity index (χ2n) is 6.88. The molecule has 0 radical (unpaired) electrons. The average molecular weight is 430 g/mol. The highest BCUT2D eigenvalue weighted by Crippen LogP contribution is 2.35. The Hall–Kier alpha value is -2.41. The van der Waals surface area contributed by atoms with E-state index in [0.29, 0.717) is 17.4 Å². The fraction of sp³-hybridized carbons (Fsp3) is 0.350. The van der Waals surface area contributed by atoms with Crippen molar-refractivity contribution in [1.82, 2.24) is 14.5 Å². The van der Waals surface area contributed by atoms with E-state index < -0.39 is 0 Å². The molecule has 0 spiro atoms. The molecule has 4 rings (SSSR count). The lowest BCUT2D eigenvalue weighted by molar-refractivity contribution is -0.134. The number of carbonyl (C=O) groups is 1. The van der Waals surface area contributed by atoms with Gasteiger partial charge in [0.25, 0.3) is 5.56 Å². The summed E-state index contributed by atoms with van der Waals surface area (Å²) in [7, 11) is 0. The highest BCUT2D eigenvalue weighted by Gasteiger charge is 2.36. The van der Waals surface area contributed by atoms with Gasteiger partial charge in [-0.15, -0.1) is 0 Å². The number of furan rings is 1. The van der Waals surface area contributed by atoms with E-state index >= 15 is 0 Å². The molecule has 1 atom stereocenters. The van der Waals surface area contributed by atoms with Crippen LogP contribution in [0.1, 0.15) is 38.0 Å². The van der Waals surface area contributed by atoms with Crippen molar-refractivity contribution in [2.24, 2.45) is 0 Å². The third-order valence-electron chi connectivity index (χ3n) is 4.95. The van der Waals surface area contributed by atoms with Crippen LogP contribution >= 0.6 is 15.9 Å². The molecule has 1 saturated carbocycles. The van der Waals surface area contributed by atoms with Gasteiger partial charge in [0.2, 0.25) is 5.91 Å². The highest BCUT2D eigenvalue weighted by atomic mass is 79.9. The Morgan fingerprint density at radius 3 is 2.93 bits per heavy atom. The number of hydrogen-bond acceptors (Lipinski definition) is 4. The Morgan fingerprint density at radius 1 is 1.41 bits per heavy atom. The van der Waals surface area contributed by atoms with Crippen LogP contribution in [-0.2, 0) is 11.3 Å². The molecule has 1 aliphatic rings. The first kappa shape index (κ1) is 18.0. The van der Waals surface area contributed by atoms with Gasteiger partial charge in [0, 0.05) is 23.5 Å². The van der Waals surface area contributed by atoms with Gasteiger partial charge in [-0.3, -0.25) is 14.2 Å². The van der Waals surface area contributed by atoms with Crippen LogP contribution in [-0.4, -0.2) is 26.4 Å². The predicted octanol–water partition coefficient (Wildman–Crippen LogP) is 3.89. The van der Waals surface area contributed by atoms with E-state index in [1.165, 1.54) is 10.9 Å². The van der Waals surface area contributed by atoms with Crippen LogP contribution in [0.4, 0.5) is 0 Å². The largest absolute Gasteiger partial charge is 0.467 e. The van der Waals surface area contributed by atoms with Gasteiger partial charge in [-0.05, 0) is 50.1 Å². The van der Waals surface area contributed by atoms with Crippen LogP contribution in [0.5, 0.6) is 0 Å². The topological polar surface area (TPSA) is 68.3 Å². The first-order valence-electron chi connectivity index (χ1n) is 9.04. The molecule has 140 valence electrons. The summed E-state index contributed by atoms with van der Waals surface area (Å²) in [6.45, 7) is 2.29. The quantitative estimate of drug-likeness (QED) is 0.595. The van der Waals surface area contributed by atoms with E-state index in [2.05, 4.69) is 20.9 Å². The van der Waals surface area contributed by atoms with Gasteiger partial charge in [-0.1, -0.05) is 15.9 Å². The second-order valence-corrected chi connectivity index (χ2v) is 7.79. The fourth-order valence-corrected chi connectivity index (χ4v) is 3.75. The Kier molecular flexibility index (Phi) is 4.86. The smallest absolute Gasteiger partial charge is 0.261 e. The average Bonchev–Trinajstić information content (AvgIpc) is 3.32. The fourth-order valence-electron chi connectivity index (χ4n) is 3.39. The van der Waals surface area contributed by atoms with Crippen molar-refractivity contribution in [1.29, 1.82) is 0 Å². The van der Waals surface area contributed by atoms with Gasteiger partial charge in [0.1, 0.15) is 5.76 Å². The number of rotatable bonds is 6. The summed E-state index contributed by atoms with van der Waals surface area (Å²) in [5, 5.41) is 0.544. The van der Waals surface area contributed by atoms with Crippen LogP contribution in [0, 0.1) is 0 Å². The van der Waals surface area contributed by atoms with E-state index in [0.717, 1.165) is 23.1 Å². The number of hydrogen-bond donors (Lipinski definition) is 0. The van der Waals surface area contributed by atoms with Crippen molar-refractivity contribution in [3.8, 4) is 0 Å². The zero-order chi connectivity index (χ0) is 19.0. The van der Waals surface area contributed by atoms with Crippen LogP contribution in [0.15, 0.2) is 56.6 Å². The molecule has 27 heavy (non-hydrogen) atoms. The first-order valence-corrected chi connectivity index (χ1v) is 9.83. The minimum absolute atomic E-state index is 0.0302. The third-order valence-corrected chi connectivity index (χ3v) is 5.45. The van der Waals surface area contributed by atoms with Crippen molar-refractivity contribution >= 4 is 32.7 Å². The number of nitrogens with zero attached hydrogens (tertiary/aromatic N) is 3.